The van der Waals surface area contributed by atoms with E-state index in [0.717, 1.165) is 12.1 Å². The summed E-state index contributed by atoms with van der Waals surface area (Å²) in [7, 11) is 0. The monoisotopic (exact) mass is 234 g/mol. The van der Waals surface area contributed by atoms with E-state index in [1.807, 2.05) is 26.0 Å². The highest BCUT2D eigenvalue weighted by Gasteiger charge is 2.46. The first-order valence-electron chi connectivity index (χ1n) is 5.85. The lowest BCUT2D eigenvalue weighted by molar-refractivity contribution is -0.146. The molecule has 0 aliphatic carbocycles. The minimum absolute atomic E-state index is 0.153. The first-order valence-corrected chi connectivity index (χ1v) is 5.85. The summed E-state index contributed by atoms with van der Waals surface area (Å²) in [6.07, 6.45) is 4.54. The van der Waals surface area contributed by atoms with E-state index in [2.05, 4.69) is 10.3 Å². The smallest absolute Gasteiger partial charge is 0.314 e. The van der Waals surface area contributed by atoms with Gasteiger partial charge in [-0.3, -0.25) is 9.78 Å². The highest BCUT2D eigenvalue weighted by Crippen LogP contribution is 2.39. The molecule has 1 atom stereocenters. The quantitative estimate of drug-likeness (QED) is 0.815. The summed E-state index contributed by atoms with van der Waals surface area (Å²) in [5.41, 5.74) is -0.0768. The van der Waals surface area contributed by atoms with Gasteiger partial charge in [-0.15, -0.1) is 0 Å². The fourth-order valence-corrected chi connectivity index (χ4v) is 2.74. The van der Waals surface area contributed by atoms with Crippen LogP contribution in [-0.4, -0.2) is 28.1 Å². The molecular weight excluding hydrogens is 216 g/mol. The van der Waals surface area contributed by atoms with E-state index in [4.69, 9.17) is 0 Å². The molecule has 1 fully saturated rings. The molecule has 92 valence electrons. The van der Waals surface area contributed by atoms with Crippen LogP contribution in [-0.2, 0) is 10.2 Å². The fourth-order valence-electron chi connectivity index (χ4n) is 2.74. The zero-order valence-electron chi connectivity index (χ0n) is 10.2. The highest BCUT2D eigenvalue weighted by atomic mass is 16.4. The van der Waals surface area contributed by atoms with Gasteiger partial charge in [-0.05, 0) is 50.9 Å². The number of hydrogen-bond donors (Lipinski definition) is 2. The third-order valence-corrected chi connectivity index (χ3v) is 3.54. The number of aliphatic carboxylic acids is 1. The second-order valence-electron chi connectivity index (χ2n) is 5.36. The van der Waals surface area contributed by atoms with Crippen LogP contribution < -0.4 is 5.32 Å². The number of nitrogens with zero attached hydrogens (tertiary/aromatic N) is 1. The minimum atomic E-state index is -0.780. The zero-order chi connectivity index (χ0) is 12.5. The Balaban J connectivity index is 2.44. The number of nitrogens with one attached hydrogen (secondary N) is 1. The lowest BCUT2D eigenvalue weighted by Crippen LogP contribution is -2.55. The first kappa shape index (κ1) is 12.0. The lowest BCUT2D eigenvalue weighted by Gasteiger charge is -2.43. The molecule has 0 saturated carbocycles. The van der Waals surface area contributed by atoms with E-state index in [-0.39, 0.29) is 5.54 Å². The number of aromatic nitrogens is 1. The number of hydrogen-bond acceptors (Lipinski definition) is 3. The number of carboxylic acids is 1. The van der Waals surface area contributed by atoms with Gasteiger partial charge >= 0.3 is 5.97 Å². The summed E-state index contributed by atoms with van der Waals surface area (Å²) in [5, 5.41) is 13.0. The fraction of sp³-hybridized carbons (Fsp3) is 0.538. The van der Waals surface area contributed by atoms with Crippen LogP contribution in [0, 0.1) is 0 Å². The molecule has 0 spiro atoms. The molecule has 1 unspecified atom stereocenters. The molecule has 2 N–H and O–H groups in total. The summed E-state index contributed by atoms with van der Waals surface area (Å²) in [6.45, 7) is 4.82. The number of pyridine rings is 1. The molecule has 0 amide bonds. The molecule has 0 radical (unpaired) electrons. The Morgan fingerprint density at radius 3 is 2.59 bits per heavy atom. The van der Waals surface area contributed by atoms with Gasteiger partial charge in [0.15, 0.2) is 0 Å². The topological polar surface area (TPSA) is 62.2 Å². The maximum atomic E-state index is 11.7. The summed E-state index contributed by atoms with van der Waals surface area (Å²) in [4.78, 5) is 15.7. The highest BCUT2D eigenvalue weighted by molar-refractivity contribution is 5.81. The Bertz CT molecular complexity index is 417. The van der Waals surface area contributed by atoms with Gasteiger partial charge in [0, 0.05) is 17.9 Å². The van der Waals surface area contributed by atoms with Gasteiger partial charge < -0.3 is 10.4 Å². The second kappa shape index (κ2) is 4.11. The maximum absolute atomic E-state index is 11.7. The lowest BCUT2D eigenvalue weighted by atomic mass is 9.68. The van der Waals surface area contributed by atoms with E-state index >= 15 is 0 Å². The average Bonchev–Trinajstić information content (AvgIpc) is 2.28. The first-order chi connectivity index (χ1) is 7.96. The largest absolute Gasteiger partial charge is 0.481 e. The van der Waals surface area contributed by atoms with Gasteiger partial charge in [-0.2, -0.15) is 0 Å². The molecule has 2 rings (SSSR count). The van der Waals surface area contributed by atoms with Crippen LogP contribution in [0.15, 0.2) is 24.5 Å². The van der Waals surface area contributed by atoms with Crippen molar-refractivity contribution in [1.29, 1.82) is 0 Å². The van der Waals surface area contributed by atoms with Crippen molar-refractivity contribution in [1.82, 2.24) is 10.3 Å². The van der Waals surface area contributed by atoms with Crippen molar-refractivity contribution in [3.05, 3.63) is 30.1 Å². The van der Waals surface area contributed by atoms with Gasteiger partial charge in [-0.1, -0.05) is 0 Å². The summed E-state index contributed by atoms with van der Waals surface area (Å²) in [5.74, 6) is -0.738. The SMILES string of the molecule is CC1(C)CC(C(=O)O)(c2ccncc2)CCN1. The third-order valence-electron chi connectivity index (χ3n) is 3.54. The molecule has 0 bridgehead atoms. The average molecular weight is 234 g/mol. The Morgan fingerprint density at radius 1 is 1.41 bits per heavy atom. The third kappa shape index (κ3) is 2.17. The van der Waals surface area contributed by atoms with Gasteiger partial charge in [0.05, 0.1) is 5.41 Å². The number of piperidine rings is 1. The van der Waals surface area contributed by atoms with E-state index in [9.17, 15) is 9.90 Å². The molecule has 17 heavy (non-hydrogen) atoms. The van der Waals surface area contributed by atoms with Crippen LogP contribution in [0.4, 0.5) is 0 Å². The van der Waals surface area contributed by atoms with Crippen LogP contribution >= 0.6 is 0 Å². The van der Waals surface area contributed by atoms with Gasteiger partial charge in [0.1, 0.15) is 0 Å². The van der Waals surface area contributed by atoms with Crippen molar-refractivity contribution >= 4 is 5.97 Å². The van der Waals surface area contributed by atoms with Gasteiger partial charge in [0.2, 0.25) is 0 Å². The van der Waals surface area contributed by atoms with Crippen LogP contribution in [0.3, 0.4) is 0 Å². The summed E-state index contributed by atoms with van der Waals surface area (Å²) in [6, 6.07) is 3.63. The Labute approximate surface area is 101 Å². The predicted molar refractivity (Wildman–Crippen MR) is 64.9 cm³/mol. The van der Waals surface area contributed by atoms with E-state index in [1.54, 1.807) is 12.4 Å². The second-order valence-corrected chi connectivity index (χ2v) is 5.36. The molecule has 4 heteroatoms. The normalized spacial score (nSPS) is 27.6. The number of carbonyl (C=O) groups is 1. The van der Waals surface area contributed by atoms with Crippen LogP contribution in [0.5, 0.6) is 0 Å². The number of rotatable bonds is 2. The maximum Gasteiger partial charge on any atom is 0.314 e. The standard InChI is InChI=1S/C13H18N2O2/c1-12(2)9-13(11(16)17,5-8-15-12)10-3-6-14-7-4-10/h3-4,6-7,15H,5,8-9H2,1-2H3,(H,16,17). The van der Waals surface area contributed by atoms with Crippen molar-refractivity contribution < 1.29 is 9.90 Å². The molecule has 0 aromatic carbocycles. The van der Waals surface area contributed by atoms with E-state index in [1.165, 1.54) is 0 Å². The molecule has 1 aliphatic rings. The van der Waals surface area contributed by atoms with Crippen molar-refractivity contribution in [2.45, 2.75) is 37.6 Å². The van der Waals surface area contributed by atoms with Crippen molar-refractivity contribution in [2.75, 3.05) is 6.54 Å². The Hall–Kier alpha value is -1.42. The summed E-state index contributed by atoms with van der Waals surface area (Å²) < 4.78 is 0. The van der Waals surface area contributed by atoms with Crippen molar-refractivity contribution in [3.63, 3.8) is 0 Å². The Kier molecular flexibility index (Phi) is 2.91. The molecule has 1 aromatic heterocycles. The van der Waals surface area contributed by atoms with E-state index < -0.39 is 11.4 Å². The van der Waals surface area contributed by atoms with Crippen molar-refractivity contribution in [2.24, 2.45) is 0 Å². The van der Waals surface area contributed by atoms with Gasteiger partial charge in [0.25, 0.3) is 0 Å². The molecule has 2 heterocycles. The summed E-state index contributed by atoms with van der Waals surface area (Å²) >= 11 is 0. The van der Waals surface area contributed by atoms with E-state index in [0.29, 0.717) is 12.8 Å². The van der Waals surface area contributed by atoms with Crippen LogP contribution in [0.25, 0.3) is 0 Å². The number of carboxylic acid groups (broad SMARTS) is 1. The minimum Gasteiger partial charge on any atom is -0.481 e. The molecule has 1 saturated heterocycles. The molecule has 1 aliphatic heterocycles. The predicted octanol–water partition coefficient (Wildman–Crippen LogP) is 1.57. The zero-order valence-corrected chi connectivity index (χ0v) is 10.2. The Morgan fingerprint density at radius 2 is 2.06 bits per heavy atom. The molecular formula is C13H18N2O2. The van der Waals surface area contributed by atoms with Crippen LogP contribution in [0.1, 0.15) is 32.3 Å². The van der Waals surface area contributed by atoms with Crippen molar-refractivity contribution in [3.8, 4) is 0 Å². The van der Waals surface area contributed by atoms with Crippen LogP contribution in [0.2, 0.25) is 0 Å². The molecule has 1 aromatic rings. The van der Waals surface area contributed by atoms with Gasteiger partial charge in [-0.25, -0.2) is 0 Å². The molecule has 4 nitrogen and oxygen atoms in total.